The molecule has 0 saturated heterocycles. The van der Waals surface area contributed by atoms with Crippen LogP contribution >= 0.6 is 0 Å². The van der Waals surface area contributed by atoms with Gasteiger partial charge in [-0.25, -0.2) is 0 Å². The van der Waals surface area contributed by atoms with Gasteiger partial charge in [-0.2, -0.15) is 0 Å². The highest BCUT2D eigenvalue weighted by Crippen LogP contribution is 2.31. The van der Waals surface area contributed by atoms with Crippen LogP contribution in [-0.2, 0) is 11.2 Å². The van der Waals surface area contributed by atoms with Crippen molar-refractivity contribution in [1.82, 2.24) is 0 Å². The van der Waals surface area contributed by atoms with Gasteiger partial charge in [-0.1, -0.05) is 12.1 Å². The van der Waals surface area contributed by atoms with E-state index in [4.69, 9.17) is 9.84 Å². The molecule has 2 aromatic rings. The second kappa shape index (κ2) is 5.61. The van der Waals surface area contributed by atoms with E-state index in [0.29, 0.717) is 12.8 Å². The van der Waals surface area contributed by atoms with E-state index in [1.54, 1.807) is 19.2 Å². The number of carboxylic acids is 1. The largest absolute Gasteiger partial charge is 0.508 e. The maximum absolute atomic E-state index is 10.6. The monoisotopic (exact) mass is 260 g/mol. The summed E-state index contributed by atoms with van der Waals surface area (Å²) in [4.78, 5) is 10.6. The van der Waals surface area contributed by atoms with E-state index in [-0.39, 0.29) is 12.2 Å². The number of ether oxygens (including phenoxy) is 1. The number of aryl methyl sites for hydroxylation is 1. The molecule has 0 radical (unpaired) electrons. The Bertz CT molecular complexity index is 604. The molecule has 0 atom stereocenters. The van der Waals surface area contributed by atoms with Crippen LogP contribution in [0.4, 0.5) is 0 Å². The number of aliphatic carboxylic acids is 1. The SMILES string of the molecule is COc1ccc2ccc(O)cc2c1CCCC(=O)O. The van der Waals surface area contributed by atoms with Crippen LogP contribution in [0.25, 0.3) is 10.8 Å². The van der Waals surface area contributed by atoms with E-state index in [1.165, 1.54) is 0 Å². The van der Waals surface area contributed by atoms with E-state index >= 15 is 0 Å². The van der Waals surface area contributed by atoms with Gasteiger partial charge in [0.2, 0.25) is 0 Å². The number of phenolic OH excluding ortho intramolecular Hbond substituents is 1. The van der Waals surface area contributed by atoms with E-state index in [1.807, 2.05) is 18.2 Å². The molecule has 0 amide bonds. The molecule has 100 valence electrons. The summed E-state index contributed by atoms with van der Waals surface area (Å²) in [5.41, 5.74) is 0.942. The Morgan fingerprint density at radius 3 is 2.68 bits per heavy atom. The van der Waals surface area contributed by atoms with Crippen LogP contribution in [0, 0.1) is 0 Å². The standard InChI is InChI=1S/C15H16O4/c1-19-14-8-6-10-5-7-11(16)9-13(10)12(14)3-2-4-15(17)18/h5-9,16H,2-4H2,1H3,(H,17,18). The van der Waals surface area contributed by atoms with Gasteiger partial charge in [0.05, 0.1) is 7.11 Å². The fraction of sp³-hybridized carbons (Fsp3) is 0.267. The molecule has 4 nitrogen and oxygen atoms in total. The van der Waals surface area contributed by atoms with Crippen LogP contribution in [0.15, 0.2) is 30.3 Å². The van der Waals surface area contributed by atoms with Gasteiger partial charge in [0.25, 0.3) is 0 Å². The highest BCUT2D eigenvalue weighted by atomic mass is 16.5. The van der Waals surface area contributed by atoms with Crippen molar-refractivity contribution in [3.63, 3.8) is 0 Å². The number of carboxylic acid groups (broad SMARTS) is 1. The van der Waals surface area contributed by atoms with Gasteiger partial charge in [0.15, 0.2) is 0 Å². The zero-order valence-electron chi connectivity index (χ0n) is 10.7. The van der Waals surface area contributed by atoms with Crippen molar-refractivity contribution in [2.24, 2.45) is 0 Å². The Balaban J connectivity index is 2.41. The summed E-state index contributed by atoms with van der Waals surface area (Å²) in [6, 6.07) is 8.96. The Labute approximate surface area is 111 Å². The van der Waals surface area contributed by atoms with Gasteiger partial charge < -0.3 is 14.9 Å². The van der Waals surface area contributed by atoms with Crippen LogP contribution in [0.1, 0.15) is 18.4 Å². The van der Waals surface area contributed by atoms with Crippen LogP contribution in [-0.4, -0.2) is 23.3 Å². The fourth-order valence-corrected chi connectivity index (χ4v) is 2.22. The quantitative estimate of drug-likeness (QED) is 0.867. The summed E-state index contributed by atoms with van der Waals surface area (Å²) in [7, 11) is 1.59. The topological polar surface area (TPSA) is 66.8 Å². The normalized spacial score (nSPS) is 10.6. The molecular formula is C15H16O4. The summed E-state index contributed by atoms with van der Waals surface area (Å²) >= 11 is 0. The first-order chi connectivity index (χ1) is 9.11. The molecule has 19 heavy (non-hydrogen) atoms. The predicted octanol–water partition coefficient (Wildman–Crippen LogP) is 2.96. The molecule has 0 bridgehead atoms. The van der Waals surface area contributed by atoms with Crippen LogP contribution in [0.3, 0.4) is 0 Å². The number of carbonyl (C=O) groups is 1. The first-order valence-electron chi connectivity index (χ1n) is 6.12. The van der Waals surface area contributed by atoms with Crippen LogP contribution < -0.4 is 4.74 Å². The van der Waals surface area contributed by atoms with E-state index in [9.17, 15) is 9.90 Å². The van der Waals surface area contributed by atoms with Gasteiger partial charge in [0, 0.05) is 12.0 Å². The van der Waals surface area contributed by atoms with E-state index in [2.05, 4.69) is 0 Å². The molecule has 0 unspecified atom stereocenters. The van der Waals surface area contributed by atoms with Crippen molar-refractivity contribution in [3.8, 4) is 11.5 Å². The number of phenols is 1. The van der Waals surface area contributed by atoms with Gasteiger partial charge in [-0.15, -0.1) is 0 Å². The molecule has 0 heterocycles. The minimum absolute atomic E-state index is 0.123. The Morgan fingerprint density at radius 2 is 2.00 bits per heavy atom. The minimum Gasteiger partial charge on any atom is -0.508 e. The maximum Gasteiger partial charge on any atom is 0.303 e. The third-order valence-electron chi connectivity index (χ3n) is 3.11. The third-order valence-corrected chi connectivity index (χ3v) is 3.11. The van der Waals surface area contributed by atoms with Gasteiger partial charge >= 0.3 is 5.97 Å². The number of hydrogen-bond acceptors (Lipinski definition) is 3. The molecule has 0 fully saturated rings. The number of fused-ring (bicyclic) bond motifs is 1. The summed E-state index contributed by atoms with van der Waals surface area (Å²) in [5, 5.41) is 20.2. The minimum atomic E-state index is -0.804. The molecule has 0 aliphatic carbocycles. The zero-order chi connectivity index (χ0) is 13.8. The van der Waals surface area contributed by atoms with Crippen molar-refractivity contribution in [2.75, 3.05) is 7.11 Å². The fourth-order valence-electron chi connectivity index (χ4n) is 2.22. The van der Waals surface area contributed by atoms with Gasteiger partial charge in [0.1, 0.15) is 11.5 Å². The molecular weight excluding hydrogens is 244 g/mol. The second-order valence-electron chi connectivity index (χ2n) is 4.40. The molecule has 0 aliphatic rings. The van der Waals surface area contributed by atoms with Crippen molar-refractivity contribution in [3.05, 3.63) is 35.9 Å². The van der Waals surface area contributed by atoms with Gasteiger partial charge in [-0.3, -0.25) is 4.79 Å². The number of methoxy groups -OCH3 is 1. The highest BCUT2D eigenvalue weighted by molar-refractivity contribution is 5.89. The Hall–Kier alpha value is -2.23. The molecule has 4 heteroatoms. The molecule has 2 aromatic carbocycles. The lowest BCUT2D eigenvalue weighted by atomic mass is 9.98. The maximum atomic E-state index is 10.6. The van der Waals surface area contributed by atoms with Gasteiger partial charge in [-0.05, 0) is 41.8 Å². The molecule has 0 aliphatic heterocycles. The van der Waals surface area contributed by atoms with Crippen molar-refractivity contribution < 1.29 is 19.7 Å². The van der Waals surface area contributed by atoms with Crippen molar-refractivity contribution in [1.29, 1.82) is 0 Å². The molecule has 0 saturated carbocycles. The number of rotatable bonds is 5. The second-order valence-corrected chi connectivity index (χ2v) is 4.40. The van der Waals surface area contributed by atoms with Crippen LogP contribution in [0.2, 0.25) is 0 Å². The average Bonchev–Trinajstić information content (AvgIpc) is 2.38. The Morgan fingerprint density at radius 1 is 1.26 bits per heavy atom. The molecule has 0 spiro atoms. The number of hydrogen-bond donors (Lipinski definition) is 2. The number of aromatic hydroxyl groups is 1. The van der Waals surface area contributed by atoms with E-state index < -0.39 is 5.97 Å². The van der Waals surface area contributed by atoms with Crippen LogP contribution in [0.5, 0.6) is 11.5 Å². The first-order valence-corrected chi connectivity index (χ1v) is 6.12. The highest BCUT2D eigenvalue weighted by Gasteiger charge is 2.10. The van der Waals surface area contributed by atoms with E-state index in [0.717, 1.165) is 22.1 Å². The molecule has 2 rings (SSSR count). The van der Waals surface area contributed by atoms with Crippen molar-refractivity contribution in [2.45, 2.75) is 19.3 Å². The lowest BCUT2D eigenvalue weighted by Crippen LogP contribution is -1.98. The summed E-state index contributed by atoms with van der Waals surface area (Å²) in [6.07, 6.45) is 1.27. The zero-order valence-corrected chi connectivity index (χ0v) is 10.7. The third kappa shape index (κ3) is 2.96. The summed E-state index contributed by atoms with van der Waals surface area (Å²) < 4.78 is 5.32. The lowest BCUT2D eigenvalue weighted by molar-refractivity contribution is -0.137. The number of benzene rings is 2. The smallest absolute Gasteiger partial charge is 0.303 e. The Kier molecular flexibility index (Phi) is 3.90. The molecule has 0 aromatic heterocycles. The summed E-state index contributed by atoms with van der Waals surface area (Å²) in [5.74, 6) is 0.116. The van der Waals surface area contributed by atoms with Crippen molar-refractivity contribution >= 4 is 16.7 Å². The average molecular weight is 260 g/mol. The first kappa shape index (κ1) is 13.2. The summed E-state index contributed by atoms with van der Waals surface area (Å²) in [6.45, 7) is 0. The predicted molar refractivity (Wildman–Crippen MR) is 72.7 cm³/mol. The lowest BCUT2D eigenvalue weighted by Gasteiger charge is -2.12. The molecule has 2 N–H and O–H groups in total.